The molecule has 1 atom stereocenters. The highest BCUT2D eigenvalue weighted by molar-refractivity contribution is 7.89. The van der Waals surface area contributed by atoms with Crippen molar-refractivity contribution in [1.82, 2.24) is 14.4 Å². The van der Waals surface area contributed by atoms with E-state index in [2.05, 4.69) is 15.4 Å². The number of aromatic nitrogens is 1. The molecule has 1 fully saturated rings. The van der Waals surface area contributed by atoms with Crippen LogP contribution in [0.4, 0.5) is 5.69 Å². The summed E-state index contributed by atoms with van der Waals surface area (Å²) in [5.74, 6) is 0.0516. The molecule has 0 bridgehead atoms. The number of carbonyl (C=O) groups is 1. The number of rotatable bonds is 7. The summed E-state index contributed by atoms with van der Waals surface area (Å²) in [6, 6.07) is 6.06. The molecule has 1 aromatic heterocycles. The van der Waals surface area contributed by atoms with Crippen molar-refractivity contribution in [2.45, 2.75) is 38.1 Å². The summed E-state index contributed by atoms with van der Waals surface area (Å²) in [7, 11) is -3.73. The molecule has 9 nitrogen and oxygen atoms in total. The van der Waals surface area contributed by atoms with Crippen LogP contribution < -0.4 is 5.32 Å². The largest absolute Gasteiger partial charge is 0.395 e. The van der Waals surface area contributed by atoms with Crippen LogP contribution in [0.3, 0.4) is 0 Å². The molecule has 0 saturated carbocycles. The first-order valence-corrected chi connectivity index (χ1v) is 11.4. The number of benzene rings is 1. The van der Waals surface area contributed by atoms with Gasteiger partial charge in [0.25, 0.3) is 5.91 Å². The van der Waals surface area contributed by atoms with Crippen LogP contribution in [0.25, 0.3) is 0 Å². The predicted octanol–water partition coefficient (Wildman–Crippen LogP) is 1.62. The average Bonchev–Trinajstić information content (AvgIpc) is 3.07. The lowest BCUT2D eigenvalue weighted by atomic mass is 10.2. The molecule has 0 spiro atoms. The Kier molecular flexibility index (Phi) is 6.91. The minimum Gasteiger partial charge on any atom is -0.395 e. The van der Waals surface area contributed by atoms with Crippen molar-refractivity contribution in [3.05, 3.63) is 41.3 Å². The van der Waals surface area contributed by atoms with Gasteiger partial charge in [0.15, 0.2) is 5.76 Å². The first-order chi connectivity index (χ1) is 14.3. The Morgan fingerprint density at radius 1 is 1.27 bits per heavy atom. The zero-order valence-electron chi connectivity index (χ0n) is 17.5. The van der Waals surface area contributed by atoms with Gasteiger partial charge in [0.1, 0.15) is 11.4 Å². The van der Waals surface area contributed by atoms with Gasteiger partial charge in [0.05, 0.1) is 11.5 Å². The second-order valence-electron chi connectivity index (χ2n) is 7.37. The van der Waals surface area contributed by atoms with Crippen molar-refractivity contribution in [3.8, 4) is 0 Å². The van der Waals surface area contributed by atoms with Gasteiger partial charge in [0.2, 0.25) is 10.0 Å². The molecule has 1 saturated heterocycles. The van der Waals surface area contributed by atoms with Crippen molar-refractivity contribution in [2.75, 3.05) is 38.1 Å². The molecule has 10 heteroatoms. The fourth-order valence-corrected chi connectivity index (χ4v) is 5.07. The third kappa shape index (κ3) is 4.56. The van der Waals surface area contributed by atoms with E-state index < -0.39 is 15.9 Å². The second-order valence-corrected chi connectivity index (χ2v) is 9.30. The lowest BCUT2D eigenvalue weighted by Gasteiger charge is -2.37. The van der Waals surface area contributed by atoms with E-state index in [0.29, 0.717) is 43.3 Å². The van der Waals surface area contributed by atoms with Crippen molar-refractivity contribution >= 4 is 21.6 Å². The van der Waals surface area contributed by atoms with Gasteiger partial charge in [-0.15, -0.1) is 0 Å². The monoisotopic (exact) mass is 436 g/mol. The highest BCUT2D eigenvalue weighted by Crippen LogP contribution is 2.22. The zero-order chi connectivity index (χ0) is 21.9. The molecule has 3 rings (SSSR count). The zero-order valence-corrected chi connectivity index (χ0v) is 18.3. The molecule has 2 heterocycles. The normalized spacial score (nSPS) is 17.1. The lowest BCUT2D eigenvalue weighted by molar-refractivity contribution is 0.0881. The maximum Gasteiger partial charge on any atom is 0.255 e. The van der Waals surface area contributed by atoms with E-state index in [9.17, 15) is 18.3 Å². The average molecular weight is 437 g/mol. The number of piperazine rings is 1. The maximum atomic E-state index is 13.1. The van der Waals surface area contributed by atoms with Gasteiger partial charge in [-0.2, -0.15) is 4.31 Å². The molecule has 164 valence electrons. The van der Waals surface area contributed by atoms with Crippen molar-refractivity contribution in [2.24, 2.45) is 0 Å². The number of amides is 1. The molecule has 30 heavy (non-hydrogen) atoms. The van der Waals surface area contributed by atoms with Gasteiger partial charge < -0.3 is 14.9 Å². The molecule has 0 unspecified atom stereocenters. The Labute approximate surface area is 176 Å². The topological polar surface area (TPSA) is 116 Å². The van der Waals surface area contributed by atoms with Crippen LogP contribution >= 0.6 is 0 Å². The predicted molar refractivity (Wildman–Crippen MR) is 112 cm³/mol. The summed E-state index contributed by atoms with van der Waals surface area (Å²) in [5.41, 5.74) is 1.27. The number of hydrogen-bond donors (Lipinski definition) is 2. The van der Waals surface area contributed by atoms with Crippen LogP contribution in [0.2, 0.25) is 0 Å². The number of sulfonamides is 1. The maximum absolute atomic E-state index is 13.1. The SMILES string of the molecule is CC[C@@H](CO)N1CCN(S(=O)(=O)c2cccc(C(=O)Nc3c(C)noc3C)c2)CC1. The Hall–Kier alpha value is -2.27. The summed E-state index contributed by atoms with van der Waals surface area (Å²) < 4.78 is 32.7. The van der Waals surface area contributed by atoms with Crippen LogP contribution in [0.5, 0.6) is 0 Å². The quantitative estimate of drug-likeness (QED) is 0.677. The summed E-state index contributed by atoms with van der Waals surface area (Å²) in [4.78, 5) is 14.8. The molecule has 1 aliphatic heterocycles. The van der Waals surface area contributed by atoms with E-state index in [1.807, 2.05) is 6.92 Å². The summed E-state index contributed by atoms with van der Waals surface area (Å²) in [5, 5.41) is 16.0. The smallest absolute Gasteiger partial charge is 0.255 e. The fourth-order valence-electron chi connectivity index (χ4n) is 3.61. The highest BCUT2D eigenvalue weighted by Gasteiger charge is 2.31. The van der Waals surface area contributed by atoms with Gasteiger partial charge in [-0.1, -0.05) is 18.1 Å². The van der Waals surface area contributed by atoms with Crippen LogP contribution in [0.15, 0.2) is 33.7 Å². The van der Waals surface area contributed by atoms with E-state index in [1.165, 1.54) is 16.4 Å². The first-order valence-electron chi connectivity index (χ1n) is 9.97. The molecule has 1 amide bonds. The third-order valence-electron chi connectivity index (χ3n) is 5.48. The number of anilines is 1. The number of aliphatic hydroxyl groups excluding tert-OH is 1. The molecule has 2 aromatic rings. The van der Waals surface area contributed by atoms with E-state index in [1.54, 1.807) is 26.0 Å². The third-order valence-corrected chi connectivity index (χ3v) is 7.37. The summed E-state index contributed by atoms with van der Waals surface area (Å²) in [6.45, 7) is 7.27. The molecule has 0 aliphatic carbocycles. The van der Waals surface area contributed by atoms with Gasteiger partial charge in [-0.05, 0) is 38.5 Å². The molecular weight excluding hydrogens is 408 g/mol. The number of aryl methyl sites for hydroxylation is 2. The van der Waals surface area contributed by atoms with Gasteiger partial charge in [-0.3, -0.25) is 9.69 Å². The Balaban J connectivity index is 1.74. The number of carbonyl (C=O) groups excluding carboxylic acids is 1. The van der Waals surface area contributed by atoms with Crippen molar-refractivity contribution in [3.63, 3.8) is 0 Å². The Morgan fingerprint density at radius 2 is 1.97 bits per heavy atom. The second kappa shape index (κ2) is 9.25. The van der Waals surface area contributed by atoms with Crippen molar-refractivity contribution < 1.29 is 22.8 Å². The standard InChI is InChI=1S/C20H28N4O5S/c1-4-17(13-25)23-8-10-24(11-9-23)30(27,28)18-7-5-6-16(12-18)20(26)21-19-14(2)22-29-15(19)3/h5-7,12,17,25H,4,8-11,13H2,1-3H3,(H,21,26)/t17-/m0/s1. The molecule has 0 radical (unpaired) electrons. The van der Waals surface area contributed by atoms with Gasteiger partial charge in [-0.25, -0.2) is 8.42 Å². The fraction of sp³-hybridized carbons (Fsp3) is 0.500. The lowest BCUT2D eigenvalue weighted by Crippen LogP contribution is -2.52. The number of hydrogen-bond acceptors (Lipinski definition) is 7. The van der Waals surface area contributed by atoms with Crippen LogP contribution in [-0.4, -0.2) is 72.6 Å². The number of nitrogens with zero attached hydrogens (tertiary/aromatic N) is 3. The molecule has 2 N–H and O–H groups in total. The Morgan fingerprint density at radius 3 is 2.53 bits per heavy atom. The number of nitrogens with one attached hydrogen (secondary N) is 1. The van der Waals surface area contributed by atoms with E-state index in [4.69, 9.17) is 4.52 Å². The summed E-state index contributed by atoms with van der Waals surface area (Å²) in [6.07, 6.45) is 0.811. The summed E-state index contributed by atoms with van der Waals surface area (Å²) >= 11 is 0. The van der Waals surface area contributed by atoms with Crippen LogP contribution in [-0.2, 0) is 10.0 Å². The first kappa shape index (κ1) is 22.4. The van der Waals surface area contributed by atoms with Crippen molar-refractivity contribution in [1.29, 1.82) is 0 Å². The van der Waals surface area contributed by atoms with Gasteiger partial charge in [0, 0.05) is 37.8 Å². The Bertz CT molecular complexity index is 973. The van der Waals surface area contributed by atoms with Crippen LogP contribution in [0.1, 0.15) is 35.2 Å². The van der Waals surface area contributed by atoms with Crippen LogP contribution in [0, 0.1) is 13.8 Å². The molecule has 1 aliphatic rings. The van der Waals surface area contributed by atoms with E-state index >= 15 is 0 Å². The molecule has 1 aromatic carbocycles. The highest BCUT2D eigenvalue weighted by atomic mass is 32.2. The van der Waals surface area contributed by atoms with E-state index in [-0.39, 0.29) is 23.1 Å². The molecular formula is C20H28N4O5S. The minimum absolute atomic E-state index is 0.0474. The number of aliphatic hydroxyl groups is 1. The van der Waals surface area contributed by atoms with Gasteiger partial charge >= 0.3 is 0 Å². The van der Waals surface area contributed by atoms with E-state index in [0.717, 1.165) is 6.42 Å². The minimum atomic E-state index is -3.73.